The Kier molecular flexibility index (Phi) is 6.57. The van der Waals surface area contributed by atoms with Crippen LogP contribution in [0.1, 0.15) is 38.2 Å². The summed E-state index contributed by atoms with van der Waals surface area (Å²) in [5.74, 6) is -0.0196. The average molecular weight is 320 g/mol. The first-order chi connectivity index (χ1) is 11.1. The standard InChI is InChI=1S/C18H28N2O3/c1-2-17(23)19-13-18(16(22)11-15(12-21)20-18)10-6-9-14-7-4-3-5-8-14/h3-5,7-8,15-16,20-22H,2,6,9-13H2,1H3,(H,19,23)/t15-,16-,18+/m0/s1. The molecule has 3 atom stereocenters. The minimum absolute atomic E-state index is 0.000774. The van der Waals surface area contributed by atoms with E-state index in [4.69, 9.17) is 0 Å². The molecule has 0 radical (unpaired) electrons. The van der Waals surface area contributed by atoms with Crippen LogP contribution in [0.4, 0.5) is 0 Å². The number of benzene rings is 1. The molecule has 0 aliphatic carbocycles. The quantitative estimate of drug-likeness (QED) is 0.576. The first kappa shape index (κ1) is 17.9. The largest absolute Gasteiger partial charge is 0.395 e. The fraction of sp³-hybridized carbons (Fsp3) is 0.611. The first-order valence-electron chi connectivity index (χ1n) is 8.47. The number of aliphatic hydroxyl groups excluding tert-OH is 2. The van der Waals surface area contributed by atoms with Crippen molar-refractivity contribution in [3.8, 4) is 0 Å². The molecule has 2 rings (SSSR count). The third-order valence-electron chi connectivity index (χ3n) is 4.71. The maximum atomic E-state index is 11.6. The number of hydrogen-bond acceptors (Lipinski definition) is 4. The average Bonchev–Trinajstić information content (AvgIpc) is 2.90. The number of rotatable bonds is 8. The van der Waals surface area contributed by atoms with E-state index >= 15 is 0 Å². The third-order valence-corrected chi connectivity index (χ3v) is 4.71. The second-order valence-electron chi connectivity index (χ2n) is 6.40. The van der Waals surface area contributed by atoms with Gasteiger partial charge in [0.1, 0.15) is 0 Å². The molecule has 1 aromatic carbocycles. The van der Waals surface area contributed by atoms with Gasteiger partial charge in [-0.1, -0.05) is 37.3 Å². The summed E-state index contributed by atoms with van der Waals surface area (Å²) >= 11 is 0. The molecule has 4 N–H and O–H groups in total. The van der Waals surface area contributed by atoms with Gasteiger partial charge in [0.05, 0.1) is 18.2 Å². The van der Waals surface area contributed by atoms with Crippen LogP contribution in [-0.2, 0) is 11.2 Å². The van der Waals surface area contributed by atoms with E-state index in [1.54, 1.807) is 0 Å². The van der Waals surface area contributed by atoms with Crippen LogP contribution in [0.5, 0.6) is 0 Å². The fourth-order valence-electron chi connectivity index (χ4n) is 3.31. The number of hydrogen-bond donors (Lipinski definition) is 4. The van der Waals surface area contributed by atoms with Gasteiger partial charge in [0, 0.05) is 19.0 Å². The van der Waals surface area contributed by atoms with E-state index in [-0.39, 0.29) is 18.6 Å². The number of carbonyl (C=O) groups is 1. The molecule has 128 valence electrons. The number of carbonyl (C=O) groups excluding carboxylic acids is 1. The molecule has 1 aromatic rings. The van der Waals surface area contributed by atoms with Crippen molar-refractivity contribution < 1.29 is 15.0 Å². The lowest BCUT2D eigenvalue weighted by molar-refractivity contribution is -0.121. The van der Waals surface area contributed by atoms with Gasteiger partial charge in [-0.3, -0.25) is 4.79 Å². The van der Waals surface area contributed by atoms with Crippen LogP contribution in [0.2, 0.25) is 0 Å². The minimum atomic E-state index is -0.562. The zero-order valence-electron chi connectivity index (χ0n) is 13.8. The van der Waals surface area contributed by atoms with Gasteiger partial charge in [-0.25, -0.2) is 0 Å². The van der Waals surface area contributed by atoms with Gasteiger partial charge in [0.25, 0.3) is 0 Å². The monoisotopic (exact) mass is 320 g/mol. The van der Waals surface area contributed by atoms with Crippen molar-refractivity contribution in [1.29, 1.82) is 0 Å². The lowest BCUT2D eigenvalue weighted by atomic mass is 9.87. The molecule has 1 amide bonds. The van der Waals surface area contributed by atoms with Gasteiger partial charge in [-0.15, -0.1) is 0 Å². The normalized spacial score (nSPS) is 27.1. The highest BCUT2D eigenvalue weighted by molar-refractivity contribution is 5.75. The molecule has 23 heavy (non-hydrogen) atoms. The van der Waals surface area contributed by atoms with Crippen molar-refractivity contribution >= 4 is 5.91 Å². The van der Waals surface area contributed by atoms with Crippen molar-refractivity contribution in [1.82, 2.24) is 10.6 Å². The number of nitrogens with one attached hydrogen (secondary N) is 2. The highest BCUT2D eigenvalue weighted by Crippen LogP contribution is 2.29. The summed E-state index contributed by atoms with van der Waals surface area (Å²) in [6, 6.07) is 10.1. The summed E-state index contributed by atoms with van der Waals surface area (Å²) in [5.41, 5.74) is 0.721. The predicted molar refractivity (Wildman–Crippen MR) is 90.0 cm³/mol. The second-order valence-corrected chi connectivity index (χ2v) is 6.40. The SMILES string of the molecule is CCC(=O)NC[C@@]1(CCCc2ccccc2)N[C@H](CO)C[C@@H]1O. The molecule has 1 aliphatic heterocycles. The summed E-state index contributed by atoms with van der Waals surface area (Å²) in [5, 5.41) is 26.1. The van der Waals surface area contributed by atoms with Crippen molar-refractivity contribution in [2.45, 2.75) is 56.7 Å². The summed E-state index contributed by atoms with van der Waals surface area (Å²) in [4.78, 5) is 11.6. The van der Waals surface area contributed by atoms with Crippen LogP contribution in [-0.4, -0.2) is 47.0 Å². The van der Waals surface area contributed by atoms with Crippen LogP contribution < -0.4 is 10.6 Å². The molecular formula is C18H28N2O3. The highest BCUT2D eigenvalue weighted by atomic mass is 16.3. The molecule has 0 saturated carbocycles. The van der Waals surface area contributed by atoms with E-state index in [2.05, 4.69) is 22.8 Å². The van der Waals surface area contributed by atoms with E-state index in [0.29, 0.717) is 19.4 Å². The molecule has 1 saturated heterocycles. The molecule has 0 bridgehead atoms. The Bertz CT molecular complexity index is 494. The molecular weight excluding hydrogens is 292 g/mol. The van der Waals surface area contributed by atoms with Gasteiger partial charge in [-0.05, 0) is 31.2 Å². The van der Waals surface area contributed by atoms with Crippen LogP contribution in [0.3, 0.4) is 0 Å². The fourth-order valence-corrected chi connectivity index (χ4v) is 3.31. The number of aliphatic hydroxyl groups is 2. The smallest absolute Gasteiger partial charge is 0.219 e. The molecule has 1 fully saturated rings. The Hall–Kier alpha value is -1.43. The van der Waals surface area contributed by atoms with E-state index in [1.165, 1.54) is 5.56 Å². The summed E-state index contributed by atoms with van der Waals surface area (Å²) in [7, 11) is 0. The molecule has 1 heterocycles. The third kappa shape index (κ3) is 4.77. The number of amides is 1. The molecule has 0 spiro atoms. The van der Waals surface area contributed by atoms with E-state index < -0.39 is 11.6 Å². The highest BCUT2D eigenvalue weighted by Gasteiger charge is 2.45. The molecule has 0 unspecified atom stereocenters. The van der Waals surface area contributed by atoms with Gasteiger partial charge in [-0.2, -0.15) is 0 Å². The summed E-state index contributed by atoms with van der Waals surface area (Å²) in [6.07, 6.45) is 2.98. The first-order valence-corrected chi connectivity index (χ1v) is 8.47. The Morgan fingerprint density at radius 1 is 1.39 bits per heavy atom. The number of aryl methyl sites for hydroxylation is 1. The zero-order chi connectivity index (χ0) is 16.7. The molecule has 5 heteroatoms. The maximum absolute atomic E-state index is 11.6. The van der Waals surface area contributed by atoms with Crippen LogP contribution in [0.25, 0.3) is 0 Å². The van der Waals surface area contributed by atoms with Gasteiger partial charge in [0.2, 0.25) is 5.91 Å². The van der Waals surface area contributed by atoms with Gasteiger partial charge >= 0.3 is 0 Å². The van der Waals surface area contributed by atoms with Gasteiger partial charge in [0.15, 0.2) is 0 Å². The van der Waals surface area contributed by atoms with Crippen LogP contribution in [0, 0.1) is 0 Å². The minimum Gasteiger partial charge on any atom is -0.395 e. The van der Waals surface area contributed by atoms with Gasteiger partial charge < -0.3 is 20.8 Å². The van der Waals surface area contributed by atoms with Crippen molar-refractivity contribution in [3.63, 3.8) is 0 Å². The lowest BCUT2D eigenvalue weighted by Crippen LogP contribution is -2.57. The summed E-state index contributed by atoms with van der Waals surface area (Å²) in [6.45, 7) is 2.21. The summed E-state index contributed by atoms with van der Waals surface area (Å²) < 4.78 is 0. The second kappa shape index (κ2) is 8.43. The van der Waals surface area contributed by atoms with E-state index in [9.17, 15) is 15.0 Å². The Balaban J connectivity index is 1.97. The van der Waals surface area contributed by atoms with E-state index in [1.807, 2.05) is 25.1 Å². The predicted octanol–water partition coefficient (Wildman–Crippen LogP) is 0.989. The Labute approximate surface area is 138 Å². The molecule has 5 nitrogen and oxygen atoms in total. The van der Waals surface area contributed by atoms with Crippen molar-refractivity contribution in [2.75, 3.05) is 13.2 Å². The molecule has 1 aliphatic rings. The van der Waals surface area contributed by atoms with Crippen LogP contribution >= 0.6 is 0 Å². The molecule has 0 aromatic heterocycles. The van der Waals surface area contributed by atoms with Crippen molar-refractivity contribution in [3.05, 3.63) is 35.9 Å². The Morgan fingerprint density at radius 2 is 2.13 bits per heavy atom. The zero-order valence-corrected chi connectivity index (χ0v) is 13.8. The van der Waals surface area contributed by atoms with Crippen molar-refractivity contribution in [2.24, 2.45) is 0 Å². The van der Waals surface area contributed by atoms with Crippen LogP contribution in [0.15, 0.2) is 30.3 Å². The van der Waals surface area contributed by atoms with E-state index in [0.717, 1.165) is 19.3 Å². The maximum Gasteiger partial charge on any atom is 0.219 e. The Morgan fingerprint density at radius 3 is 2.74 bits per heavy atom. The topological polar surface area (TPSA) is 81.6 Å². The lowest BCUT2D eigenvalue weighted by Gasteiger charge is -2.34.